The molecular weight excluding hydrogens is 352 g/mol. The summed E-state index contributed by atoms with van der Waals surface area (Å²) in [5, 5.41) is 3.49. The first-order valence-electron chi connectivity index (χ1n) is 10.5. The first kappa shape index (κ1) is 20.6. The highest BCUT2D eigenvalue weighted by Crippen LogP contribution is 2.14. The zero-order chi connectivity index (χ0) is 19.9. The van der Waals surface area contributed by atoms with Gasteiger partial charge < -0.3 is 15.1 Å². The Labute approximate surface area is 168 Å². The fourth-order valence-electron chi connectivity index (χ4n) is 4.10. The van der Waals surface area contributed by atoms with E-state index in [9.17, 15) is 4.79 Å². The molecule has 1 atom stereocenters. The number of nitrogens with zero attached hydrogens (tertiary/aromatic N) is 5. The van der Waals surface area contributed by atoms with Gasteiger partial charge >= 0.3 is 0 Å². The summed E-state index contributed by atoms with van der Waals surface area (Å²) in [6.07, 6.45) is 7.00. The van der Waals surface area contributed by atoms with Gasteiger partial charge in [0.15, 0.2) is 5.96 Å². The average Bonchev–Trinajstić information content (AvgIpc) is 3.26. The van der Waals surface area contributed by atoms with Gasteiger partial charge in [-0.25, -0.2) is 0 Å². The highest BCUT2D eigenvalue weighted by Gasteiger charge is 2.30. The summed E-state index contributed by atoms with van der Waals surface area (Å²) in [6, 6.07) is 2.06. The molecule has 1 aromatic heterocycles. The molecule has 7 nitrogen and oxygen atoms in total. The molecule has 2 saturated heterocycles. The van der Waals surface area contributed by atoms with Crippen LogP contribution < -0.4 is 5.32 Å². The van der Waals surface area contributed by atoms with Gasteiger partial charge in [0, 0.05) is 65.3 Å². The maximum atomic E-state index is 12.6. The van der Waals surface area contributed by atoms with Crippen LogP contribution in [-0.4, -0.2) is 90.5 Å². The molecule has 1 N–H and O–H groups in total. The van der Waals surface area contributed by atoms with Crippen molar-refractivity contribution in [2.24, 2.45) is 4.99 Å². The van der Waals surface area contributed by atoms with Crippen LogP contribution in [0.1, 0.15) is 30.9 Å². The third kappa shape index (κ3) is 5.01. The van der Waals surface area contributed by atoms with E-state index < -0.39 is 0 Å². The molecule has 2 aliphatic rings. The second-order valence-corrected chi connectivity index (χ2v) is 7.76. The van der Waals surface area contributed by atoms with Crippen LogP contribution >= 0.6 is 0 Å². The summed E-state index contributed by atoms with van der Waals surface area (Å²) in [6.45, 7) is 10.4. The van der Waals surface area contributed by atoms with Crippen molar-refractivity contribution in [1.82, 2.24) is 25.0 Å². The molecule has 2 fully saturated rings. The van der Waals surface area contributed by atoms with Gasteiger partial charge in [0.25, 0.3) is 0 Å². The van der Waals surface area contributed by atoms with Gasteiger partial charge in [-0.3, -0.25) is 19.7 Å². The van der Waals surface area contributed by atoms with Gasteiger partial charge in [0.1, 0.15) is 0 Å². The van der Waals surface area contributed by atoms with Gasteiger partial charge in [-0.15, -0.1) is 0 Å². The molecule has 2 aliphatic heterocycles. The predicted molar refractivity (Wildman–Crippen MR) is 112 cm³/mol. The van der Waals surface area contributed by atoms with Crippen LogP contribution in [0.3, 0.4) is 0 Å². The minimum absolute atomic E-state index is 0.0233. The first-order chi connectivity index (χ1) is 13.6. The third-order valence-electron chi connectivity index (χ3n) is 5.96. The van der Waals surface area contributed by atoms with Crippen molar-refractivity contribution < 1.29 is 4.79 Å². The molecule has 3 rings (SSSR count). The van der Waals surface area contributed by atoms with E-state index in [1.54, 1.807) is 0 Å². The van der Waals surface area contributed by atoms with Crippen molar-refractivity contribution >= 4 is 11.9 Å². The number of rotatable bonds is 5. The number of carbonyl (C=O) groups is 1. The van der Waals surface area contributed by atoms with Gasteiger partial charge in [0.2, 0.25) is 5.91 Å². The molecule has 0 saturated carbocycles. The Morgan fingerprint density at radius 2 is 1.89 bits per heavy atom. The molecule has 1 unspecified atom stereocenters. The largest absolute Gasteiger partial charge is 0.356 e. The van der Waals surface area contributed by atoms with E-state index in [0.717, 1.165) is 71.0 Å². The minimum atomic E-state index is -0.0233. The van der Waals surface area contributed by atoms with E-state index in [4.69, 9.17) is 0 Å². The van der Waals surface area contributed by atoms with E-state index in [-0.39, 0.29) is 6.04 Å². The highest BCUT2D eigenvalue weighted by atomic mass is 16.2. The highest BCUT2D eigenvalue weighted by molar-refractivity contribution is 5.82. The van der Waals surface area contributed by atoms with Gasteiger partial charge in [-0.05, 0) is 50.3 Å². The minimum Gasteiger partial charge on any atom is -0.356 e. The van der Waals surface area contributed by atoms with Crippen LogP contribution in [0.5, 0.6) is 0 Å². The van der Waals surface area contributed by atoms with Crippen molar-refractivity contribution in [3.8, 4) is 0 Å². The Morgan fingerprint density at radius 1 is 1.18 bits per heavy atom. The number of hydrogen-bond donors (Lipinski definition) is 1. The lowest BCUT2D eigenvalue weighted by Gasteiger charge is -2.39. The van der Waals surface area contributed by atoms with Gasteiger partial charge in [-0.1, -0.05) is 0 Å². The van der Waals surface area contributed by atoms with Crippen molar-refractivity contribution in [1.29, 1.82) is 0 Å². The molecule has 0 spiro atoms. The maximum Gasteiger partial charge on any atom is 0.239 e. The molecule has 154 valence electrons. The lowest BCUT2D eigenvalue weighted by Crippen LogP contribution is -2.57. The molecule has 0 aromatic carbocycles. The zero-order valence-electron chi connectivity index (χ0n) is 17.5. The van der Waals surface area contributed by atoms with Crippen LogP contribution in [0, 0.1) is 6.92 Å². The Morgan fingerprint density at radius 3 is 2.54 bits per heavy atom. The summed E-state index contributed by atoms with van der Waals surface area (Å²) in [5.74, 6) is 1.24. The first-order valence-corrected chi connectivity index (χ1v) is 10.5. The zero-order valence-corrected chi connectivity index (χ0v) is 17.5. The maximum absolute atomic E-state index is 12.6. The van der Waals surface area contributed by atoms with Crippen LogP contribution in [0.25, 0.3) is 0 Å². The van der Waals surface area contributed by atoms with Gasteiger partial charge in [0.05, 0.1) is 6.04 Å². The Balaban J connectivity index is 1.44. The number of nitrogens with one attached hydrogen (secondary N) is 1. The van der Waals surface area contributed by atoms with Crippen molar-refractivity contribution in [3.05, 3.63) is 29.6 Å². The molecular formula is C21H34N6O. The number of guanidine groups is 1. The summed E-state index contributed by atoms with van der Waals surface area (Å²) < 4.78 is 0. The fourth-order valence-corrected chi connectivity index (χ4v) is 4.10. The number of aliphatic imine (C=N–C) groups is 1. The smallest absolute Gasteiger partial charge is 0.239 e. The second-order valence-electron chi connectivity index (χ2n) is 7.76. The SMILES string of the molecule is CN=C(NCCc1ccncc1C)N1CCN(C(C)C(=O)N2CCCC2)CC1. The van der Waals surface area contributed by atoms with Crippen molar-refractivity contribution in [3.63, 3.8) is 0 Å². The molecule has 0 aliphatic carbocycles. The predicted octanol–water partition coefficient (Wildman–Crippen LogP) is 1.14. The molecule has 1 amide bonds. The number of aromatic nitrogens is 1. The Hall–Kier alpha value is -2.15. The lowest BCUT2D eigenvalue weighted by atomic mass is 10.1. The normalized spacial score (nSPS) is 19.8. The number of pyridine rings is 1. The summed E-state index contributed by atoms with van der Waals surface area (Å²) in [4.78, 5) is 27.9. The standard InChI is InChI=1S/C21H34N6O/c1-17-16-23-8-6-19(17)7-9-24-21(22-3)27-14-12-25(13-15-27)18(2)20(28)26-10-4-5-11-26/h6,8,16,18H,4-5,7,9-15H2,1-3H3,(H,22,24). The molecule has 3 heterocycles. The van der Waals surface area contributed by atoms with Crippen LogP contribution in [0.15, 0.2) is 23.5 Å². The molecule has 7 heteroatoms. The molecule has 1 aromatic rings. The van der Waals surface area contributed by atoms with E-state index in [1.165, 1.54) is 11.1 Å². The number of aryl methyl sites for hydroxylation is 1. The fraction of sp³-hybridized carbons (Fsp3) is 0.667. The van der Waals surface area contributed by atoms with Crippen LogP contribution in [-0.2, 0) is 11.2 Å². The number of likely N-dealkylation sites (tertiary alicyclic amines) is 1. The number of amides is 1. The number of hydrogen-bond acceptors (Lipinski definition) is 4. The monoisotopic (exact) mass is 386 g/mol. The van der Waals surface area contributed by atoms with E-state index in [2.05, 4.69) is 45.0 Å². The Kier molecular flexibility index (Phi) is 7.25. The molecule has 28 heavy (non-hydrogen) atoms. The molecule has 0 bridgehead atoms. The Bertz CT molecular complexity index is 677. The van der Waals surface area contributed by atoms with Crippen molar-refractivity contribution in [2.45, 2.75) is 39.2 Å². The second kappa shape index (κ2) is 9.87. The summed E-state index contributed by atoms with van der Waals surface area (Å²) in [5.41, 5.74) is 2.54. The van der Waals surface area contributed by atoms with Crippen LogP contribution in [0.4, 0.5) is 0 Å². The quantitative estimate of drug-likeness (QED) is 0.607. The average molecular weight is 387 g/mol. The number of piperazine rings is 1. The van der Waals surface area contributed by atoms with Gasteiger partial charge in [-0.2, -0.15) is 0 Å². The number of carbonyl (C=O) groups excluding carboxylic acids is 1. The third-order valence-corrected chi connectivity index (χ3v) is 5.96. The van der Waals surface area contributed by atoms with E-state index in [1.807, 2.05) is 24.3 Å². The lowest BCUT2D eigenvalue weighted by molar-refractivity contribution is -0.135. The van der Waals surface area contributed by atoms with Crippen LogP contribution in [0.2, 0.25) is 0 Å². The van der Waals surface area contributed by atoms with E-state index in [0.29, 0.717) is 5.91 Å². The van der Waals surface area contributed by atoms with E-state index >= 15 is 0 Å². The molecule has 0 radical (unpaired) electrons. The topological polar surface area (TPSA) is 64.1 Å². The van der Waals surface area contributed by atoms with Crippen molar-refractivity contribution in [2.75, 3.05) is 52.9 Å². The summed E-state index contributed by atoms with van der Waals surface area (Å²) in [7, 11) is 1.84. The summed E-state index contributed by atoms with van der Waals surface area (Å²) >= 11 is 0.